The quantitative estimate of drug-likeness (QED) is 0.0940. The van der Waals surface area contributed by atoms with E-state index in [1.807, 2.05) is 44.2 Å². The molecule has 16 nitrogen and oxygen atoms in total. The molecule has 2 unspecified atom stereocenters. The van der Waals surface area contributed by atoms with E-state index in [9.17, 15) is 48.6 Å². The van der Waals surface area contributed by atoms with Gasteiger partial charge >= 0.3 is 24.0 Å². The van der Waals surface area contributed by atoms with E-state index in [1.54, 1.807) is 0 Å². The summed E-state index contributed by atoms with van der Waals surface area (Å²) in [5.41, 5.74) is 0.160. The minimum absolute atomic E-state index is 0.0591. The molecule has 3 atom stereocenters. The lowest BCUT2D eigenvalue weighted by molar-refractivity contribution is -0.147. The molecule has 0 aliphatic carbocycles. The molecule has 18 heteroatoms. The van der Waals surface area contributed by atoms with Crippen LogP contribution in [0.25, 0.3) is 0 Å². The number of aliphatic carboxylic acids is 3. The number of ether oxygens (including phenoxy) is 1. The molecule has 3 rings (SSSR count). The molecule has 0 saturated carbocycles. The van der Waals surface area contributed by atoms with Gasteiger partial charge in [-0.3, -0.25) is 33.6 Å². The summed E-state index contributed by atoms with van der Waals surface area (Å²) in [5, 5.41) is 37.5. The topological polar surface area (TPSA) is 255 Å². The number of carbonyl (C=O) groups excluding carboxylic acids is 5. The van der Waals surface area contributed by atoms with E-state index in [2.05, 4.69) is 21.3 Å². The number of nitrogens with one attached hydrogen (secondary N) is 4. The van der Waals surface area contributed by atoms with Crippen LogP contribution in [0.5, 0.6) is 0 Å². The molecule has 7 N–H and O–H groups in total. The van der Waals surface area contributed by atoms with Crippen molar-refractivity contribution in [3.8, 4) is 0 Å². The first-order chi connectivity index (χ1) is 25.8. The Kier molecular flexibility index (Phi) is 17.8. The maximum atomic E-state index is 13.4. The van der Waals surface area contributed by atoms with Gasteiger partial charge in [-0.05, 0) is 42.2 Å². The molecule has 294 valence electrons. The number of hydrogen-bond donors (Lipinski definition) is 7. The lowest BCUT2D eigenvalue weighted by Crippen LogP contribution is -2.48. The summed E-state index contributed by atoms with van der Waals surface area (Å²) in [6.07, 6.45) is -0.337. The van der Waals surface area contributed by atoms with Crippen LogP contribution in [-0.4, -0.2) is 75.4 Å². The number of alkyl carbamates (subject to hydrolysis) is 1. The van der Waals surface area contributed by atoms with E-state index in [1.165, 1.54) is 50.2 Å². The maximum Gasteiger partial charge on any atom is 0.408 e. The summed E-state index contributed by atoms with van der Waals surface area (Å²) in [4.78, 5) is 95.1. The minimum Gasteiger partial charge on any atom is -0.480 e. The van der Waals surface area contributed by atoms with Crippen molar-refractivity contribution >= 4 is 82.1 Å². The fourth-order valence-corrected chi connectivity index (χ4v) is 5.66. The van der Waals surface area contributed by atoms with Crippen molar-refractivity contribution in [3.63, 3.8) is 0 Å². The number of carboxylic acids is 3. The Hall–Kier alpha value is -6.00. The average molecular weight is 804 g/mol. The van der Waals surface area contributed by atoms with Crippen molar-refractivity contribution in [2.45, 2.75) is 58.6 Å². The number of halogens is 2. The summed E-state index contributed by atoms with van der Waals surface area (Å²) in [6, 6.07) is 16.5. The highest BCUT2D eigenvalue weighted by Gasteiger charge is 2.42. The fraction of sp³-hybridized carbons (Fsp3) is 0.297. The van der Waals surface area contributed by atoms with Crippen LogP contribution in [0.1, 0.15) is 62.6 Å². The van der Waals surface area contributed by atoms with Gasteiger partial charge in [-0.25, -0.2) is 4.79 Å². The third-order valence-corrected chi connectivity index (χ3v) is 7.97. The zero-order valence-electron chi connectivity index (χ0n) is 30.1. The smallest absolute Gasteiger partial charge is 0.408 e. The monoisotopic (exact) mass is 802 g/mol. The van der Waals surface area contributed by atoms with Gasteiger partial charge in [-0.15, -0.1) is 0 Å². The standard InChI is InChI=1S/C21H18Cl2N2O7.C16H22N2O5/c1-9(26)24-13-7-3-5-11(22)15(13)17(20(29)30)19(28)18(21(31)32)16-12(23)6-4-8-14(16)25-10(2)27;1-11(2)8-13(15(21)17-9-14(19)20)18-16(22)23-10-12-6-4-3-5-7-12/h3-8,17-18H,1-2H3,(H,24,26)(H,25,27)(H,29,30)(H,31,32);3-7,11,13H,8-10H2,1-2H3,(H,17,21)(H,18,22)(H,19,20)/t;13-/m.0/s1. The Morgan fingerprint density at radius 1 is 0.691 bits per heavy atom. The maximum absolute atomic E-state index is 13.4. The van der Waals surface area contributed by atoms with Gasteiger partial charge in [-0.2, -0.15) is 0 Å². The van der Waals surface area contributed by atoms with Crippen LogP contribution in [0.4, 0.5) is 16.2 Å². The van der Waals surface area contributed by atoms with Crippen LogP contribution in [-0.2, 0) is 44.9 Å². The van der Waals surface area contributed by atoms with Gasteiger partial charge in [0.2, 0.25) is 17.7 Å². The van der Waals surface area contributed by atoms with E-state index in [0.29, 0.717) is 6.42 Å². The van der Waals surface area contributed by atoms with E-state index in [0.717, 1.165) is 5.56 Å². The summed E-state index contributed by atoms with van der Waals surface area (Å²) < 4.78 is 5.07. The van der Waals surface area contributed by atoms with Crippen molar-refractivity contribution in [1.29, 1.82) is 0 Å². The van der Waals surface area contributed by atoms with Crippen LogP contribution in [0.3, 0.4) is 0 Å². The molecule has 3 aromatic carbocycles. The minimum atomic E-state index is -2.06. The summed E-state index contributed by atoms with van der Waals surface area (Å²) >= 11 is 12.3. The SMILES string of the molecule is CC(=O)Nc1cccc(Cl)c1C(C(=O)O)C(=O)C(C(=O)O)c1c(Cl)cccc1NC(C)=O.CC(C)C[C@H](NC(=O)OCc1ccccc1)C(=O)NCC(=O)O. The Balaban J connectivity index is 0.000000402. The van der Waals surface area contributed by atoms with Gasteiger partial charge in [0.15, 0.2) is 5.78 Å². The zero-order chi connectivity index (χ0) is 41.4. The number of rotatable bonds is 16. The number of benzene rings is 3. The highest BCUT2D eigenvalue weighted by Crippen LogP contribution is 2.40. The average Bonchev–Trinajstić information content (AvgIpc) is 3.08. The first kappa shape index (κ1) is 45.2. The van der Waals surface area contributed by atoms with E-state index < -0.39 is 71.9 Å². The van der Waals surface area contributed by atoms with Crippen LogP contribution in [0.15, 0.2) is 66.7 Å². The Bertz CT molecular complexity index is 1820. The molecule has 0 heterocycles. The highest BCUT2D eigenvalue weighted by molar-refractivity contribution is 6.34. The van der Waals surface area contributed by atoms with Crippen LogP contribution < -0.4 is 21.3 Å². The van der Waals surface area contributed by atoms with E-state index in [4.69, 9.17) is 33.0 Å². The van der Waals surface area contributed by atoms with Gasteiger partial charge in [0.05, 0.1) is 0 Å². The second-order valence-corrected chi connectivity index (χ2v) is 13.0. The molecule has 0 spiro atoms. The molecule has 0 aromatic heterocycles. The largest absolute Gasteiger partial charge is 0.480 e. The van der Waals surface area contributed by atoms with Crippen LogP contribution in [0, 0.1) is 5.92 Å². The molecule has 4 amide bonds. The highest BCUT2D eigenvalue weighted by atomic mass is 35.5. The Morgan fingerprint density at radius 2 is 1.16 bits per heavy atom. The number of ketones is 1. The molecule has 0 fully saturated rings. The predicted molar refractivity (Wildman–Crippen MR) is 201 cm³/mol. The fourth-order valence-electron chi connectivity index (χ4n) is 5.10. The normalized spacial score (nSPS) is 12.1. The number of anilines is 2. The lowest BCUT2D eigenvalue weighted by Gasteiger charge is -2.23. The molecular weight excluding hydrogens is 763 g/mol. The van der Waals surface area contributed by atoms with Crippen molar-refractivity contribution in [2.75, 3.05) is 17.2 Å². The molecule has 0 saturated heterocycles. The lowest BCUT2D eigenvalue weighted by atomic mass is 9.82. The van der Waals surface area contributed by atoms with Crippen LogP contribution >= 0.6 is 23.2 Å². The molecule has 55 heavy (non-hydrogen) atoms. The number of carbonyl (C=O) groups is 8. The van der Waals surface area contributed by atoms with E-state index in [-0.39, 0.29) is 45.1 Å². The predicted octanol–water partition coefficient (Wildman–Crippen LogP) is 5.04. The van der Waals surface area contributed by atoms with E-state index >= 15 is 0 Å². The number of carboxylic acid groups (broad SMARTS) is 3. The third-order valence-electron chi connectivity index (χ3n) is 7.31. The molecule has 0 aliphatic heterocycles. The molecule has 0 bridgehead atoms. The van der Waals surface area contributed by atoms with Crippen molar-refractivity contribution in [3.05, 3.63) is 93.5 Å². The molecular formula is C37H40Cl2N4O12. The summed E-state index contributed by atoms with van der Waals surface area (Å²) in [6.45, 7) is 5.74. The van der Waals surface area contributed by atoms with Gasteiger partial charge < -0.3 is 41.3 Å². The Morgan fingerprint density at radius 3 is 1.56 bits per heavy atom. The molecule has 0 aliphatic rings. The molecule has 0 radical (unpaired) electrons. The summed E-state index contributed by atoms with van der Waals surface area (Å²) in [7, 11) is 0. The number of Topliss-reactive ketones (excluding diaryl/α,β-unsaturated/α-hetero) is 1. The number of hydrogen-bond acceptors (Lipinski definition) is 9. The first-order valence-electron chi connectivity index (χ1n) is 16.4. The summed E-state index contributed by atoms with van der Waals surface area (Å²) in [5.74, 6) is -11.4. The van der Waals surface area contributed by atoms with Gasteiger partial charge in [-0.1, -0.05) is 79.5 Å². The zero-order valence-corrected chi connectivity index (χ0v) is 31.6. The third kappa shape index (κ3) is 14.4. The van der Waals surface area contributed by atoms with Crippen LogP contribution in [0.2, 0.25) is 10.0 Å². The first-order valence-corrected chi connectivity index (χ1v) is 17.2. The van der Waals surface area contributed by atoms with Crippen molar-refractivity contribution in [1.82, 2.24) is 10.6 Å². The second-order valence-electron chi connectivity index (χ2n) is 12.2. The van der Waals surface area contributed by atoms with Gasteiger partial charge in [0, 0.05) is 46.4 Å². The van der Waals surface area contributed by atoms with Crippen molar-refractivity contribution < 1.29 is 58.4 Å². The number of amides is 4. The second kappa shape index (κ2) is 21.6. The van der Waals surface area contributed by atoms with Gasteiger partial charge in [0.1, 0.15) is 31.0 Å². The van der Waals surface area contributed by atoms with Crippen molar-refractivity contribution in [2.24, 2.45) is 5.92 Å². The molecule has 3 aromatic rings. The van der Waals surface area contributed by atoms with Gasteiger partial charge in [0.25, 0.3) is 0 Å². The Labute approximate surface area is 325 Å².